The van der Waals surface area contributed by atoms with Gasteiger partial charge in [0.2, 0.25) is 5.91 Å². The highest BCUT2D eigenvalue weighted by molar-refractivity contribution is 5.99. The van der Waals surface area contributed by atoms with Crippen LogP contribution in [0.4, 0.5) is 5.69 Å². The summed E-state index contributed by atoms with van der Waals surface area (Å²) in [5, 5.41) is 5.48. The number of aryl methyl sites for hydroxylation is 2. The van der Waals surface area contributed by atoms with Crippen molar-refractivity contribution >= 4 is 17.5 Å². The maximum atomic E-state index is 12.2. The SMILES string of the molecule is COCc1cccc(C(=O)NCC(=O)Nc2c(C)cccc2C)c1. The van der Waals surface area contributed by atoms with Crippen LogP contribution in [0.15, 0.2) is 42.5 Å². The number of benzene rings is 2. The minimum Gasteiger partial charge on any atom is -0.380 e. The van der Waals surface area contributed by atoms with Crippen LogP contribution >= 0.6 is 0 Å². The zero-order valence-corrected chi connectivity index (χ0v) is 14.2. The molecule has 0 saturated heterocycles. The van der Waals surface area contributed by atoms with Crippen molar-refractivity contribution in [1.29, 1.82) is 0 Å². The second kappa shape index (κ2) is 8.26. The van der Waals surface area contributed by atoms with Crippen molar-refractivity contribution in [3.8, 4) is 0 Å². The van der Waals surface area contributed by atoms with Gasteiger partial charge in [-0.25, -0.2) is 0 Å². The summed E-state index contributed by atoms with van der Waals surface area (Å²) < 4.78 is 5.05. The largest absolute Gasteiger partial charge is 0.380 e. The Bertz CT molecular complexity index is 721. The molecule has 0 aliphatic rings. The topological polar surface area (TPSA) is 67.4 Å². The molecule has 0 spiro atoms. The molecule has 0 aliphatic heterocycles. The molecule has 126 valence electrons. The fraction of sp³-hybridized carbons (Fsp3) is 0.263. The van der Waals surface area contributed by atoms with Crippen LogP contribution in [0.25, 0.3) is 0 Å². The molecule has 0 atom stereocenters. The molecule has 2 rings (SSSR count). The van der Waals surface area contributed by atoms with E-state index in [1.54, 1.807) is 25.3 Å². The first-order valence-electron chi connectivity index (χ1n) is 7.73. The van der Waals surface area contributed by atoms with E-state index in [-0.39, 0.29) is 18.4 Å². The van der Waals surface area contributed by atoms with Gasteiger partial charge in [0.25, 0.3) is 5.91 Å². The molecule has 0 aliphatic carbocycles. The van der Waals surface area contributed by atoms with Gasteiger partial charge >= 0.3 is 0 Å². The standard InChI is InChI=1S/C19H22N2O3/c1-13-6-4-7-14(2)18(13)21-17(22)11-20-19(23)16-9-5-8-15(10-16)12-24-3/h4-10H,11-12H2,1-3H3,(H,20,23)(H,21,22). The zero-order valence-electron chi connectivity index (χ0n) is 14.2. The van der Waals surface area contributed by atoms with Crippen molar-refractivity contribution < 1.29 is 14.3 Å². The van der Waals surface area contributed by atoms with Gasteiger partial charge in [0.05, 0.1) is 13.2 Å². The molecular weight excluding hydrogens is 304 g/mol. The molecular formula is C19H22N2O3. The van der Waals surface area contributed by atoms with E-state index in [0.717, 1.165) is 22.4 Å². The van der Waals surface area contributed by atoms with E-state index in [4.69, 9.17) is 4.74 Å². The molecule has 2 aromatic carbocycles. The Hall–Kier alpha value is -2.66. The van der Waals surface area contributed by atoms with Gasteiger partial charge in [-0.3, -0.25) is 9.59 Å². The van der Waals surface area contributed by atoms with Gasteiger partial charge in [-0.2, -0.15) is 0 Å². The van der Waals surface area contributed by atoms with Gasteiger partial charge in [-0.1, -0.05) is 30.3 Å². The van der Waals surface area contributed by atoms with E-state index in [1.807, 2.05) is 38.1 Å². The van der Waals surface area contributed by atoms with E-state index < -0.39 is 0 Å². The van der Waals surface area contributed by atoms with Gasteiger partial charge < -0.3 is 15.4 Å². The summed E-state index contributed by atoms with van der Waals surface area (Å²) in [6.45, 7) is 4.22. The fourth-order valence-electron chi connectivity index (χ4n) is 2.43. The highest BCUT2D eigenvalue weighted by Crippen LogP contribution is 2.19. The smallest absolute Gasteiger partial charge is 0.251 e. The molecule has 2 N–H and O–H groups in total. The first kappa shape index (κ1) is 17.7. The summed E-state index contributed by atoms with van der Waals surface area (Å²) in [5.41, 5.74) is 4.18. The number of carbonyl (C=O) groups is 2. The van der Waals surface area contributed by atoms with Crippen LogP contribution < -0.4 is 10.6 Å². The number of ether oxygens (including phenoxy) is 1. The van der Waals surface area contributed by atoms with Crippen molar-refractivity contribution in [2.45, 2.75) is 20.5 Å². The predicted octanol–water partition coefficient (Wildman–Crippen LogP) is 2.82. The molecule has 0 bridgehead atoms. The molecule has 2 aromatic rings. The van der Waals surface area contributed by atoms with Crippen LogP contribution in [0, 0.1) is 13.8 Å². The molecule has 0 unspecified atom stereocenters. The van der Waals surface area contributed by atoms with Crippen molar-refractivity contribution in [2.75, 3.05) is 19.0 Å². The molecule has 5 heteroatoms. The molecule has 0 aromatic heterocycles. The Morgan fingerprint density at radius 2 is 1.71 bits per heavy atom. The fourth-order valence-corrected chi connectivity index (χ4v) is 2.43. The van der Waals surface area contributed by atoms with E-state index in [9.17, 15) is 9.59 Å². The van der Waals surface area contributed by atoms with E-state index in [1.165, 1.54) is 0 Å². The second-order valence-corrected chi connectivity index (χ2v) is 5.63. The molecule has 0 saturated carbocycles. The number of hydrogen-bond donors (Lipinski definition) is 2. The number of carbonyl (C=O) groups excluding carboxylic acids is 2. The van der Waals surface area contributed by atoms with Gasteiger partial charge in [-0.05, 0) is 42.7 Å². The van der Waals surface area contributed by atoms with Crippen LogP contribution in [0.2, 0.25) is 0 Å². The van der Waals surface area contributed by atoms with Crippen LogP contribution in [-0.4, -0.2) is 25.5 Å². The Balaban J connectivity index is 1.94. The van der Waals surface area contributed by atoms with E-state index in [2.05, 4.69) is 10.6 Å². The van der Waals surface area contributed by atoms with Gasteiger partial charge in [-0.15, -0.1) is 0 Å². The normalized spacial score (nSPS) is 10.3. The lowest BCUT2D eigenvalue weighted by molar-refractivity contribution is -0.115. The van der Waals surface area contributed by atoms with Crippen molar-refractivity contribution in [3.63, 3.8) is 0 Å². The average molecular weight is 326 g/mol. The minimum atomic E-state index is -0.287. The van der Waals surface area contributed by atoms with Gasteiger partial charge in [0, 0.05) is 18.4 Å². The Labute approximate surface area is 142 Å². The summed E-state index contributed by atoms with van der Waals surface area (Å²) in [6.07, 6.45) is 0. The highest BCUT2D eigenvalue weighted by Gasteiger charge is 2.10. The number of amides is 2. The second-order valence-electron chi connectivity index (χ2n) is 5.63. The van der Waals surface area contributed by atoms with E-state index in [0.29, 0.717) is 12.2 Å². The van der Waals surface area contributed by atoms with Crippen molar-refractivity contribution in [1.82, 2.24) is 5.32 Å². The number of rotatable bonds is 6. The summed E-state index contributed by atoms with van der Waals surface area (Å²) in [7, 11) is 1.60. The molecule has 0 fully saturated rings. The number of methoxy groups -OCH3 is 1. The monoisotopic (exact) mass is 326 g/mol. The van der Waals surface area contributed by atoms with E-state index >= 15 is 0 Å². The Morgan fingerprint density at radius 1 is 1.04 bits per heavy atom. The first-order valence-corrected chi connectivity index (χ1v) is 7.73. The minimum absolute atomic E-state index is 0.0822. The van der Waals surface area contributed by atoms with Gasteiger partial charge in [0.1, 0.15) is 0 Å². The lowest BCUT2D eigenvalue weighted by Gasteiger charge is -2.12. The number of nitrogens with one attached hydrogen (secondary N) is 2. The van der Waals surface area contributed by atoms with Gasteiger partial charge in [0.15, 0.2) is 0 Å². The summed E-state index contributed by atoms with van der Waals surface area (Å²) in [6, 6.07) is 12.9. The number of anilines is 1. The third kappa shape index (κ3) is 4.67. The van der Waals surface area contributed by atoms with Crippen molar-refractivity contribution in [3.05, 3.63) is 64.7 Å². The Morgan fingerprint density at radius 3 is 2.38 bits per heavy atom. The number of para-hydroxylation sites is 1. The summed E-state index contributed by atoms with van der Waals surface area (Å²) in [5.74, 6) is -0.543. The molecule has 5 nitrogen and oxygen atoms in total. The van der Waals surface area contributed by atoms with Crippen LogP contribution in [0.3, 0.4) is 0 Å². The van der Waals surface area contributed by atoms with Crippen LogP contribution in [0.5, 0.6) is 0 Å². The third-order valence-corrected chi connectivity index (χ3v) is 3.66. The molecule has 0 radical (unpaired) electrons. The van der Waals surface area contributed by atoms with Crippen LogP contribution in [-0.2, 0) is 16.1 Å². The molecule has 24 heavy (non-hydrogen) atoms. The third-order valence-electron chi connectivity index (χ3n) is 3.66. The lowest BCUT2D eigenvalue weighted by Crippen LogP contribution is -2.33. The average Bonchev–Trinajstić information content (AvgIpc) is 2.57. The maximum absolute atomic E-state index is 12.2. The van der Waals surface area contributed by atoms with Crippen LogP contribution in [0.1, 0.15) is 27.0 Å². The lowest BCUT2D eigenvalue weighted by atomic mass is 10.1. The quantitative estimate of drug-likeness (QED) is 0.858. The number of hydrogen-bond acceptors (Lipinski definition) is 3. The van der Waals surface area contributed by atoms with Crippen molar-refractivity contribution in [2.24, 2.45) is 0 Å². The summed E-state index contributed by atoms with van der Waals surface area (Å²) >= 11 is 0. The zero-order chi connectivity index (χ0) is 17.5. The maximum Gasteiger partial charge on any atom is 0.251 e. The predicted molar refractivity (Wildman–Crippen MR) is 94.0 cm³/mol. The highest BCUT2D eigenvalue weighted by atomic mass is 16.5. The molecule has 2 amide bonds. The summed E-state index contributed by atoms with van der Waals surface area (Å²) in [4.78, 5) is 24.2. The first-order chi connectivity index (χ1) is 11.5. The Kier molecular flexibility index (Phi) is 6.09. The molecule has 0 heterocycles.